The van der Waals surface area contributed by atoms with E-state index >= 15 is 9.59 Å². The van der Waals surface area contributed by atoms with Crippen LogP contribution in [0.4, 0.5) is 0 Å². The number of carbonyl (C=O) groups excluding carboxylic acids is 11. The molecular formula is C59H105N11O12. The number of nitrogens with zero attached hydrogens (tertiary/aromatic N) is 7. The van der Waals surface area contributed by atoms with Crippen molar-refractivity contribution in [3.63, 3.8) is 0 Å². The fraction of sp³-hybridized carbons (Fsp3) is 0.780. The molecule has 82 heavy (non-hydrogen) atoms. The van der Waals surface area contributed by atoms with Crippen molar-refractivity contribution >= 4 is 65.0 Å². The Hall–Kier alpha value is -6.13. The second-order valence-corrected chi connectivity index (χ2v) is 24.6. The Balaban J connectivity index is 4.24. The molecule has 23 nitrogen and oxygen atoms in total. The third kappa shape index (κ3) is 20.1. The molecule has 0 aliphatic carbocycles. The van der Waals surface area contributed by atoms with Gasteiger partial charge in [0.25, 0.3) is 0 Å². The highest BCUT2D eigenvalue weighted by molar-refractivity contribution is 5.99. The number of nitrogens with one attached hydrogen (secondary N) is 4. The van der Waals surface area contributed by atoms with Crippen LogP contribution >= 0.6 is 0 Å². The largest absolute Gasteiger partial charge is 0.390 e. The number of amides is 11. The monoisotopic (exact) mass is 1160 g/mol. The van der Waals surface area contributed by atoms with Gasteiger partial charge in [0.2, 0.25) is 65.0 Å². The van der Waals surface area contributed by atoms with Crippen molar-refractivity contribution in [2.45, 2.75) is 209 Å². The fourth-order valence-corrected chi connectivity index (χ4v) is 9.96. The zero-order chi connectivity index (χ0) is 63.7. The van der Waals surface area contributed by atoms with Crippen LogP contribution in [-0.2, 0) is 52.7 Å². The van der Waals surface area contributed by atoms with Crippen LogP contribution in [-0.4, -0.2) is 227 Å². The molecule has 0 bridgehead atoms. The van der Waals surface area contributed by atoms with E-state index in [-0.39, 0.29) is 43.4 Å². The maximum Gasteiger partial charge on any atom is 0.246 e. The molecule has 0 aromatic rings. The van der Waals surface area contributed by atoms with Crippen LogP contribution < -0.4 is 21.3 Å². The molecule has 468 valence electrons. The normalized spacial score (nSPS) is 27.4. The molecule has 5 N–H and O–H groups in total. The predicted molar refractivity (Wildman–Crippen MR) is 315 cm³/mol. The standard InChI is InChI=1S/C59H105N11O12/c1-24-26-27-37(13)49(72)48-53(76)61-41(25-2)55(78)64(17)31-45(71)65(18)39(15)51(74)63-46(35(9)10)58(81)66(19)40(16)50(73)62-42(28-32(3)4)52(75)60-38(14)54(77)67(20)43(29-33(5)6)56(79)68(21)44(30-34(7)8)57(80)69(22)47(36(11)12)59(82)70(48)23/h24,26,32-44,46-49,72H,25,27-31H2,1-23H3,(H,60,75)(H,61,76)(H,62,73)(H,63,74)/b26-24+/t37-,38-,39-,40+,41+,42+,43+,44+,46+,47+,48+,49-/m1/s1. The summed E-state index contributed by atoms with van der Waals surface area (Å²) in [6, 6.07) is -12.3. The van der Waals surface area contributed by atoms with Crippen LogP contribution in [0.3, 0.4) is 0 Å². The summed E-state index contributed by atoms with van der Waals surface area (Å²) in [6.07, 6.45) is 2.86. The second kappa shape index (κ2) is 33.2. The van der Waals surface area contributed by atoms with Gasteiger partial charge in [0.1, 0.15) is 60.4 Å². The van der Waals surface area contributed by atoms with Crippen molar-refractivity contribution in [3.05, 3.63) is 12.2 Å². The van der Waals surface area contributed by atoms with Crippen molar-refractivity contribution in [1.82, 2.24) is 55.6 Å². The van der Waals surface area contributed by atoms with Gasteiger partial charge in [-0.05, 0) is 95.3 Å². The lowest BCUT2D eigenvalue weighted by Gasteiger charge is -2.41. The van der Waals surface area contributed by atoms with Gasteiger partial charge >= 0.3 is 0 Å². The van der Waals surface area contributed by atoms with Crippen molar-refractivity contribution < 1.29 is 57.8 Å². The Morgan fingerprint density at radius 2 is 0.939 bits per heavy atom. The molecule has 0 aromatic heterocycles. The Labute approximate surface area is 489 Å². The maximum absolute atomic E-state index is 15.1. The first-order chi connectivity index (χ1) is 37.8. The number of likely N-dealkylation sites (N-methyl/N-ethyl adjacent to an activating group) is 7. The van der Waals surface area contributed by atoms with E-state index in [1.54, 1.807) is 60.6 Å². The molecule has 1 aliphatic rings. The summed E-state index contributed by atoms with van der Waals surface area (Å²) in [4.78, 5) is 166. The highest BCUT2D eigenvalue weighted by Crippen LogP contribution is 2.25. The van der Waals surface area contributed by atoms with Crippen molar-refractivity contribution in [3.8, 4) is 0 Å². The van der Waals surface area contributed by atoms with Gasteiger partial charge in [0.05, 0.1) is 12.6 Å². The average Bonchev–Trinajstić information content (AvgIpc) is 3.59. The molecule has 1 heterocycles. The SMILES string of the molecule is C/C=C/C[C@@H](C)[C@@H](O)[C@H]1C(=O)N[C@@H](CC)C(=O)N(C)CC(=O)N(C)[C@H](C)C(=O)N[C@@H](C(C)C)C(=O)N(C)[C@@H](C)C(=O)N[C@@H](CC(C)C)C(=O)N[C@H](C)C(=O)N(C)[C@@H](CC(C)C)C(=O)N(C)[C@@H](CC(C)C)C(=O)N(C)[C@@H](C(C)C)C(=O)N1C. The Kier molecular flexibility index (Phi) is 29.9. The van der Waals surface area contributed by atoms with E-state index < -0.39 is 156 Å². The molecule has 0 aromatic carbocycles. The lowest BCUT2D eigenvalue weighted by molar-refractivity contribution is -0.157. The van der Waals surface area contributed by atoms with Gasteiger partial charge in [-0.25, -0.2) is 0 Å². The summed E-state index contributed by atoms with van der Waals surface area (Å²) < 4.78 is 0. The lowest BCUT2D eigenvalue weighted by atomic mass is 9.91. The number of hydrogen-bond donors (Lipinski definition) is 5. The van der Waals surface area contributed by atoms with Gasteiger partial charge in [0, 0.05) is 49.3 Å². The molecule has 1 aliphatic heterocycles. The Bertz CT molecular complexity index is 2260. The van der Waals surface area contributed by atoms with Crippen LogP contribution in [0.2, 0.25) is 0 Å². The van der Waals surface area contributed by atoms with E-state index in [9.17, 15) is 48.3 Å². The van der Waals surface area contributed by atoms with Gasteiger partial charge < -0.3 is 60.7 Å². The smallest absolute Gasteiger partial charge is 0.246 e. The van der Waals surface area contributed by atoms with Crippen LogP contribution in [0, 0.1) is 35.5 Å². The third-order valence-electron chi connectivity index (χ3n) is 15.7. The number of allylic oxidation sites excluding steroid dienone is 2. The molecular weight excluding hydrogens is 1050 g/mol. The molecule has 11 amide bonds. The van der Waals surface area contributed by atoms with Gasteiger partial charge in [-0.3, -0.25) is 52.7 Å². The minimum absolute atomic E-state index is 0.0234. The number of rotatable bonds is 13. The number of aliphatic hydroxyl groups is 1. The summed E-state index contributed by atoms with van der Waals surface area (Å²) in [5.41, 5.74) is 0. The van der Waals surface area contributed by atoms with Gasteiger partial charge in [-0.2, -0.15) is 0 Å². The Morgan fingerprint density at radius 1 is 0.488 bits per heavy atom. The lowest BCUT2D eigenvalue weighted by Crippen LogP contribution is -2.63. The summed E-state index contributed by atoms with van der Waals surface area (Å²) in [5, 5.41) is 22.9. The molecule has 1 rings (SSSR count). The van der Waals surface area contributed by atoms with Crippen LogP contribution in [0.25, 0.3) is 0 Å². The van der Waals surface area contributed by atoms with Crippen LogP contribution in [0.5, 0.6) is 0 Å². The minimum atomic E-state index is -1.61. The highest BCUT2D eigenvalue weighted by Gasteiger charge is 2.45. The molecule has 23 heteroatoms. The zero-order valence-electron chi connectivity index (χ0n) is 53.8. The second-order valence-electron chi connectivity index (χ2n) is 24.6. The van der Waals surface area contributed by atoms with Crippen molar-refractivity contribution in [2.75, 3.05) is 55.9 Å². The maximum atomic E-state index is 15.1. The van der Waals surface area contributed by atoms with Gasteiger partial charge in [-0.1, -0.05) is 95.2 Å². The van der Waals surface area contributed by atoms with E-state index in [0.29, 0.717) is 6.42 Å². The van der Waals surface area contributed by atoms with E-state index in [2.05, 4.69) is 21.3 Å². The highest BCUT2D eigenvalue weighted by atomic mass is 16.3. The topological polar surface area (TPSA) is 279 Å². The minimum Gasteiger partial charge on any atom is -0.390 e. The van der Waals surface area contributed by atoms with Crippen LogP contribution in [0.15, 0.2) is 12.2 Å². The summed E-state index contributed by atoms with van der Waals surface area (Å²) >= 11 is 0. The number of hydrogen-bond acceptors (Lipinski definition) is 12. The quantitative estimate of drug-likeness (QED) is 0.166. The predicted octanol–water partition coefficient (Wildman–Crippen LogP) is 2.24. The molecule has 1 fully saturated rings. The zero-order valence-corrected chi connectivity index (χ0v) is 53.8. The molecule has 0 saturated carbocycles. The third-order valence-corrected chi connectivity index (χ3v) is 15.7. The van der Waals surface area contributed by atoms with Gasteiger partial charge in [0.15, 0.2) is 0 Å². The van der Waals surface area contributed by atoms with E-state index in [0.717, 1.165) is 19.6 Å². The average molecular weight is 1160 g/mol. The summed E-state index contributed by atoms with van der Waals surface area (Å²) in [7, 11) is 9.77. The van der Waals surface area contributed by atoms with E-state index in [1.165, 1.54) is 84.8 Å². The first-order valence-corrected chi connectivity index (χ1v) is 29.2. The fourth-order valence-electron chi connectivity index (χ4n) is 9.96. The molecule has 1 saturated heterocycles. The molecule has 12 atom stereocenters. The van der Waals surface area contributed by atoms with E-state index in [4.69, 9.17) is 0 Å². The van der Waals surface area contributed by atoms with Crippen LogP contribution in [0.1, 0.15) is 143 Å². The first kappa shape index (κ1) is 73.9. The van der Waals surface area contributed by atoms with Crippen molar-refractivity contribution in [1.29, 1.82) is 0 Å². The number of aliphatic hydroxyl groups excluding tert-OH is 1. The summed E-state index contributed by atoms with van der Waals surface area (Å²) in [6.45, 7) is 27.0. The molecule has 0 radical (unpaired) electrons. The molecule has 0 spiro atoms. The number of carbonyl (C=O) groups is 11. The molecule has 0 unspecified atom stereocenters. The summed E-state index contributed by atoms with van der Waals surface area (Å²) in [5.74, 6) is -9.66. The van der Waals surface area contributed by atoms with Gasteiger partial charge in [-0.15, -0.1) is 0 Å². The Morgan fingerprint density at radius 3 is 1.40 bits per heavy atom. The van der Waals surface area contributed by atoms with E-state index in [1.807, 2.05) is 41.5 Å². The first-order valence-electron chi connectivity index (χ1n) is 29.2. The van der Waals surface area contributed by atoms with Crippen molar-refractivity contribution in [2.24, 2.45) is 35.5 Å².